The smallest absolute Gasteiger partial charge is 0.257 e. The third kappa shape index (κ3) is 3.01. The topological polar surface area (TPSA) is 66.6 Å². The Kier molecular flexibility index (Phi) is 4.78. The molecule has 0 atom stereocenters. The first-order valence-corrected chi connectivity index (χ1v) is 8.47. The van der Waals surface area contributed by atoms with E-state index in [0.717, 1.165) is 12.8 Å². The van der Waals surface area contributed by atoms with Crippen molar-refractivity contribution in [2.75, 3.05) is 19.3 Å². The van der Waals surface area contributed by atoms with Gasteiger partial charge in [0.2, 0.25) is 0 Å². The zero-order valence-corrected chi connectivity index (χ0v) is 13.9. The number of hydrogen-bond acceptors (Lipinski definition) is 4. The summed E-state index contributed by atoms with van der Waals surface area (Å²) in [5.74, 6) is -0.0626. The number of carbonyl (C=O) groups is 1. The Labute approximate surface area is 134 Å². The fraction of sp³-hybridized carbons (Fsp3) is 0.467. The largest absolute Gasteiger partial charge is 0.507 e. The lowest BCUT2D eigenvalue weighted by Crippen LogP contribution is -2.50. The number of nitrogens with zero attached hydrogens (tertiary/aromatic N) is 1. The van der Waals surface area contributed by atoms with Crippen molar-refractivity contribution in [3.63, 3.8) is 0 Å². The molecule has 0 aromatic heterocycles. The predicted octanol–water partition coefficient (Wildman–Crippen LogP) is 2.32. The molecule has 0 bridgehead atoms. The summed E-state index contributed by atoms with van der Waals surface area (Å²) >= 11 is 6.84. The van der Waals surface area contributed by atoms with Crippen LogP contribution in [-0.4, -0.2) is 45.0 Å². The summed E-state index contributed by atoms with van der Waals surface area (Å²) in [6.45, 7) is 2.99. The molecular weight excluding hydrogens is 304 g/mol. The molecule has 21 heavy (non-hydrogen) atoms. The summed E-state index contributed by atoms with van der Waals surface area (Å²) in [4.78, 5) is 14.8. The number of thioether (sulfide) groups is 1. The van der Waals surface area contributed by atoms with Crippen molar-refractivity contribution < 1.29 is 9.90 Å². The average molecular weight is 324 g/mol. The average Bonchev–Trinajstić information content (AvgIpc) is 2.49. The second-order valence-electron chi connectivity index (χ2n) is 5.33. The van der Waals surface area contributed by atoms with E-state index < -0.39 is 0 Å². The lowest BCUT2D eigenvalue weighted by molar-refractivity contribution is 0.0715. The number of hydrogen-bond donors (Lipinski definition) is 2. The van der Waals surface area contributed by atoms with Crippen molar-refractivity contribution in [2.24, 2.45) is 5.73 Å². The fourth-order valence-corrected chi connectivity index (χ4v) is 3.87. The number of para-hydroxylation sites is 1. The molecule has 1 saturated heterocycles. The van der Waals surface area contributed by atoms with Crippen LogP contribution >= 0.6 is 24.0 Å². The molecule has 1 aliphatic rings. The van der Waals surface area contributed by atoms with Crippen LogP contribution in [0.3, 0.4) is 0 Å². The molecule has 1 aromatic rings. The van der Waals surface area contributed by atoms with E-state index in [1.165, 1.54) is 0 Å². The van der Waals surface area contributed by atoms with Gasteiger partial charge in [-0.1, -0.05) is 24.4 Å². The van der Waals surface area contributed by atoms with Gasteiger partial charge in [0.15, 0.2) is 0 Å². The first-order valence-electron chi connectivity index (χ1n) is 6.84. The van der Waals surface area contributed by atoms with Gasteiger partial charge in [-0.15, -0.1) is 0 Å². The van der Waals surface area contributed by atoms with Crippen LogP contribution in [0.25, 0.3) is 0 Å². The van der Waals surface area contributed by atoms with Crippen LogP contribution in [-0.2, 0) is 0 Å². The number of aryl methyl sites for hydroxylation is 1. The second kappa shape index (κ2) is 6.23. The lowest BCUT2D eigenvalue weighted by Gasteiger charge is -2.40. The minimum atomic E-state index is -0.208. The first-order chi connectivity index (χ1) is 9.91. The van der Waals surface area contributed by atoms with Gasteiger partial charge < -0.3 is 15.7 Å². The molecule has 6 heteroatoms. The van der Waals surface area contributed by atoms with Gasteiger partial charge in [0.05, 0.1) is 15.3 Å². The van der Waals surface area contributed by atoms with Crippen LogP contribution in [0.15, 0.2) is 18.2 Å². The number of rotatable bonds is 3. The molecule has 114 valence electrons. The van der Waals surface area contributed by atoms with Crippen LogP contribution in [0.5, 0.6) is 5.75 Å². The summed E-state index contributed by atoms with van der Waals surface area (Å²) < 4.78 is -0.208. The predicted molar refractivity (Wildman–Crippen MR) is 91.0 cm³/mol. The van der Waals surface area contributed by atoms with Gasteiger partial charge in [-0.05, 0) is 37.7 Å². The first kappa shape index (κ1) is 16.1. The zero-order valence-electron chi connectivity index (χ0n) is 12.3. The SMILES string of the molecule is CSC1(C(N)=S)CCN(C(=O)c2cccc(C)c2O)CC1. The minimum Gasteiger partial charge on any atom is -0.507 e. The third-order valence-electron chi connectivity index (χ3n) is 4.17. The number of amides is 1. The minimum absolute atomic E-state index is 0.0681. The number of nitrogens with two attached hydrogens (primary N) is 1. The van der Waals surface area contributed by atoms with E-state index in [1.54, 1.807) is 41.8 Å². The number of carbonyl (C=O) groups excluding carboxylic acids is 1. The molecule has 4 nitrogen and oxygen atoms in total. The van der Waals surface area contributed by atoms with Gasteiger partial charge in [-0.3, -0.25) is 4.79 Å². The molecule has 0 radical (unpaired) electrons. The summed E-state index contributed by atoms with van der Waals surface area (Å²) in [6.07, 6.45) is 3.51. The van der Waals surface area contributed by atoms with Gasteiger partial charge in [0.1, 0.15) is 5.75 Å². The molecule has 1 aromatic carbocycles. The summed E-state index contributed by atoms with van der Waals surface area (Å²) in [5, 5.41) is 10.0. The summed E-state index contributed by atoms with van der Waals surface area (Å²) in [7, 11) is 0. The van der Waals surface area contributed by atoms with Crippen molar-refractivity contribution in [2.45, 2.75) is 24.5 Å². The third-order valence-corrected chi connectivity index (χ3v) is 6.10. The van der Waals surface area contributed by atoms with Crippen molar-refractivity contribution in [1.82, 2.24) is 4.90 Å². The molecule has 3 N–H and O–H groups in total. The maximum absolute atomic E-state index is 12.5. The van der Waals surface area contributed by atoms with Crippen LogP contribution in [0.1, 0.15) is 28.8 Å². The molecule has 0 spiro atoms. The van der Waals surface area contributed by atoms with E-state index in [9.17, 15) is 9.90 Å². The monoisotopic (exact) mass is 324 g/mol. The van der Waals surface area contributed by atoms with Gasteiger partial charge >= 0.3 is 0 Å². The van der Waals surface area contributed by atoms with Crippen molar-refractivity contribution >= 4 is 34.9 Å². The Morgan fingerprint density at radius 3 is 2.57 bits per heavy atom. The molecular formula is C15H20N2O2S2. The Morgan fingerprint density at radius 2 is 2.05 bits per heavy atom. The van der Waals surface area contributed by atoms with E-state index in [4.69, 9.17) is 18.0 Å². The van der Waals surface area contributed by atoms with Crippen molar-refractivity contribution in [1.29, 1.82) is 0 Å². The molecule has 1 fully saturated rings. The number of phenolic OH excluding ortho intramolecular Hbond substituents is 1. The highest BCUT2D eigenvalue weighted by molar-refractivity contribution is 8.02. The Bertz CT molecular complexity index is 567. The molecule has 1 amide bonds. The normalized spacial score (nSPS) is 17.5. The maximum Gasteiger partial charge on any atom is 0.257 e. The van der Waals surface area contributed by atoms with E-state index in [2.05, 4.69) is 0 Å². The molecule has 2 rings (SSSR count). The van der Waals surface area contributed by atoms with Crippen LogP contribution in [0, 0.1) is 6.92 Å². The highest BCUT2D eigenvalue weighted by atomic mass is 32.2. The van der Waals surface area contributed by atoms with E-state index >= 15 is 0 Å². The molecule has 0 aliphatic carbocycles. The zero-order chi connectivity index (χ0) is 15.6. The standard InChI is InChI=1S/C15H20N2O2S2/c1-10-4-3-5-11(12(10)18)13(19)17-8-6-15(21-2,7-9-17)14(16)20/h3-5,18H,6-9H2,1-2H3,(H2,16,20). The highest BCUT2D eigenvalue weighted by Gasteiger charge is 2.38. The van der Waals surface area contributed by atoms with E-state index in [1.807, 2.05) is 6.26 Å². The fourth-order valence-electron chi connectivity index (χ4n) is 2.62. The molecule has 1 heterocycles. The van der Waals surface area contributed by atoms with E-state index in [-0.39, 0.29) is 16.4 Å². The van der Waals surface area contributed by atoms with Gasteiger partial charge in [-0.2, -0.15) is 11.8 Å². The summed E-state index contributed by atoms with van der Waals surface area (Å²) in [6, 6.07) is 5.23. The van der Waals surface area contributed by atoms with E-state index in [0.29, 0.717) is 29.2 Å². The Hall–Kier alpha value is -1.27. The van der Waals surface area contributed by atoms with Crippen molar-refractivity contribution in [3.8, 4) is 5.75 Å². The summed E-state index contributed by atoms with van der Waals surface area (Å²) in [5.41, 5.74) is 6.93. The number of likely N-dealkylation sites (tertiary alicyclic amines) is 1. The van der Waals surface area contributed by atoms with Crippen LogP contribution in [0.4, 0.5) is 0 Å². The molecule has 0 saturated carbocycles. The lowest BCUT2D eigenvalue weighted by atomic mass is 9.95. The highest BCUT2D eigenvalue weighted by Crippen LogP contribution is 2.35. The number of phenols is 1. The number of piperidine rings is 1. The van der Waals surface area contributed by atoms with Crippen LogP contribution in [0.2, 0.25) is 0 Å². The van der Waals surface area contributed by atoms with Crippen LogP contribution < -0.4 is 5.73 Å². The quantitative estimate of drug-likeness (QED) is 0.835. The number of thiocarbonyl (C=S) groups is 1. The van der Waals surface area contributed by atoms with Gasteiger partial charge in [0.25, 0.3) is 5.91 Å². The molecule has 1 aliphatic heterocycles. The van der Waals surface area contributed by atoms with Gasteiger partial charge in [-0.25, -0.2) is 0 Å². The Balaban J connectivity index is 2.14. The Morgan fingerprint density at radius 1 is 1.43 bits per heavy atom. The number of aromatic hydroxyl groups is 1. The number of benzene rings is 1. The van der Waals surface area contributed by atoms with Crippen molar-refractivity contribution in [3.05, 3.63) is 29.3 Å². The maximum atomic E-state index is 12.5. The second-order valence-corrected chi connectivity index (χ2v) is 6.96. The molecule has 0 unspecified atom stereocenters. The van der Waals surface area contributed by atoms with Gasteiger partial charge in [0, 0.05) is 13.1 Å².